The number of carbonyl (C=O) groups excluding carboxylic acids is 3. The van der Waals surface area contributed by atoms with E-state index in [1.165, 1.54) is 89.9 Å². The highest BCUT2D eigenvalue weighted by atomic mass is 16.5. The van der Waals surface area contributed by atoms with Gasteiger partial charge in [0.15, 0.2) is 0 Å². The van der Waals surface area contributed by atoms with Crippen molar-refractivity contribution in [3.8, 4) is 0 Å². The maximum atomic E-state index is 11.9. The van der Waals surface area contributed by atoms with Crippen LogP contribution in [-0.4, -0.2) is 37.7 Å². The van der Waals surface area contributed by atoms with E-state index in [0.717, 1.165) is 32.1 Å². The van der Waals surface area contributed by atoms with E-state index < -0.39 is 5.41 Å². The molecule has 0 bridgehead atoms. The van der Waals surface area contributed by atoms with E-state index in [1.54, 1.807) is 0 Å². The molecule has 0 atom stereocenters. The maximum Gasteiger partial charge on any atom is 0.311 e. The van der Waals surface area contributed by atoms with Gasteiger partial charge in [0.05, 0.1) is 25.2 Å². The van der Waals surface area contributed by atoms with Crippen molar-refractivity contribution in [2.24, 2.45) is 5.41 Å². The minimum absolute atomic E-state index is 0.126. The van der Waals surface area contributed by atoms with Crippen LogP contribution in [0.1, 0.15) is 175 Å². The summed E-state index contributed by atoms with van der Waals surface area (Å²) in [6.07, 6.45) is 25.5. The monoisotopic (exact) mass is 568 g/mol. The Morgan fingerprint density at radius 1 is 0.450 bits per heavy atom. The first-order valence-corrected chi connectivity index (χ1v) is 16.8. The van der Waals surface area contributed by atoms with E-state index in [9.17, 15) is 14.4 Å². The predicted molar refractivity (Wildman–Crippen MR) is 164 cm³/mol. The van der Waals surface area contributed by atoms with Gasteiger partial charge in [-0.2, -0.15) is 0 Å². The molecule has 0 aromatic heterocycles. The first-order chi connectivity index (χ1) is 19.3. The molecule has 40 heavy (non-hydrogen) atoms. The second-order valence-electron chi connectivity index (χ2n) is 12.0. The van der Waals surface area contributed by atoms with Crippen LogP contribution < -0.4 is 0 Å². The third-order valence-corrected chi connectivity index (χ3v) is 7.74. The zero-order valence-electron chi connectivity index (χ0n) is 26.8. The maximum absolute atomic E-state index is 11.9. The molecule has 0 amide bonds. The Hall–Kier alpha value is -1.59. The van der Waals surface area contributed by atoms with E-state index >= 15 is 0 Å². The number of hydrogen-bond acceptors (Lipinski definition) is 6. The predicted octanol–water partition coefficient (Wildman–Crippen LogP) is 9.65. The fourth-order valence-electron chi connectivity index (χ4n) is 4.44. The molecule has 0 aromatic carbocycles. The molecular formula is C34H64O6. The molecule has 0 aromatic rings. The van der Waals surface area contributed by atoms with Crippen LogP contribution in [0.3, 0.4) is 0 Å². The number of esters is 3. The minimum atomic E-state index is -0.488. The van der Waals surface area contributed by atoms with Gasteiger partial charge in [0.1, 0.15) is 0 Å². The summed E-state index contributed by atoms with van der Waals surface area (Å²) in [5.41, 5.74) is -0.488. The number of carbonyl (C=O) groups is 3. The number of unbranched alkanes of at least 4 members (excludes halogenated alkanes) is 17. The van der Waals surface area contributed by atoms with Crippen molar-refractivity contribution >= 4 is 17.9 Å². The van der Waals surface area contributed by atoms with Crippen molar-refractivity contribution in [3.05, 3.63) is 0 Å². The Morgan fingerprint density at radius 2 is 0.800 bits per heavy atom. The van der Waals surface area contributed by atoms with Gasteiger partial charge in [-0.05, 0) is 52.4 Å². The number of ether oxygens (including phenoxy) is 3. The van der Waals surface area contributed by atoms with Gasteiger partial charge in [-0.3, -0.25) is 14.4 Å². The Labute approximate surface area is 247 Å². The molecule has 0 saturated heterocycles. The van der Waals surface area contributed by atoms with Gasteiger partial charge in [-0.25, -0.2) is 0 Å². The van der Waals surface area contributed by atoms with Gasteiger partial charge in [-0.15, -0.1) is 0 Å². The minimum Gasteiger partial charge on any atom is -0.466 e. The number of rotatable bonds is 29. The quantitative estimate of drug-likeness (QED) is 0.0508. The highest BCUT2D eigenvalue weighted by molar-refractivity contribution is 5.75. The van der Waals surface area contributed by atoms with Crippen molar-refractivity contribution in [3.63, 3.8) is 0 Å². The smallest absolute Gasteiger partial charge is 0.311 e. The molecule has 6 nitrogen and oxygen atoms in total. The lowest BCUT2D eigenvalue weighted by atomic mass is 9.91. The van der Waals surface area contributed by atoms with Gasteiger partial charge in [0, 0.05) is 12.8 Å². The fraction of sp³-hybridized carbons (Fsp3) is 0.912. The highest BCUT2D eigenvalue weighted by Gasteiger charge is 2.26. The molecule has 0 saturated carbocycles. The topological polar surface area (TPSA) is 78.9 Å². The lowest BCUT2D eigenvalue weighted by Gasteiger charge is -2.20. The molecule has 0 fully saturated rings. The van der Waals surface area contributed by atoms with Crippen molar-refractivity contribution in [2.45, 2.75) is 175 Å². The molecule has 0 unspecified atom stereocenters. The second-order valence-corrected chi connectivity index (χ2v) is 12.0. The Balaban J connectivity index is 3.35. The molecule has 0 spiro atoms. The summed E-state index contributed by atoms with van der Waals surface area (Å²) in [5.74, 6) is -0.630. The zero-order chi connectivity index (χ0) is 29.7. The van der Waals surface area contributed by atoms with E-state index in [0.29, 0.717) is 32.5 Å². The SMILES string of the molecule is CCCCCCCCCCCCCCCCCCOC(=O)CCCCCOC(=O)CCCOC(=O)C(C)(C)CC. The third-order valence-electron chi connectivity index (χ3n) is 7.74. The molecule has 0 radical (unpaired) electrons. The first kappa shape index (κ1) is 38.4. The molecule has 6 heteroatoms. The molecule has 0 aliphatic carbocycles. The molecule has 0 heterocycles. The largest absolute Gasteiger partial charge is 0.466 e. The summed E-state index contributed by atoms with van der Waals surface area (Å²) in [7, 11) is 0. The van der Waals surface area contributed by atoms with Gasteiger partial charge in [0.25, 0.3) is 0 Å². The molecule has 0 rings (SSSR count). The fourth-order valence-corrected chi connectivity index (χ4v) is 4.44. The Bertz CT molecular complexity index is 616. The van der Waals surface area contributed by atoms with Crippen molar-refractivity contribution in [1.82, 2.24) is 0 Å². The molecule has 236 valence electrons. The van der Waals surface area contributed by atoms with Crippen LogP contribution in [-0.2, 0) is 28.6 Å². The average molecular weight is 569 g/mol. The molecule has 0 N–H and O–H groups in total. The van der Waals surface area contributed by atoms with Gasteiger partial charge in [0.2, 0.25) is 0 Å². The van der Waals surface area contributed by atoms with Crippen LogP contribution in [0.4, 0.5) is 0 Å². The Morgan fingerprint density at radius 3 is 1.23 bits per heavy atom. The van der Waals surface area contributed by atoms with Crippen LogP contribution in [0, 0.1) is 5.41 Å². The zero-order valence-corrected chi connectivity index (χ0v) is 26.8. The van der Waals surface area contributed by atoms with Gasteiger partial charge in [-0.1, -0.05) is 110 Å². The summed E-state index contributed by atoms with van der Waals surface area (Å²) in [4.78, 5) is 35.5. The van der Waals surface area contributed by atoms with E-state index in [1.807, 2.05) is 20.8 Å². The van der Waals surface area contributed by atoms with Crippen molar-refractivity contribution in [1.29, 1.82) is 0 Å². The normalized spacial score (nSPS) is 11.4. The summed E-state index contributed by atoms with van der Waals surface area (Å²) in [6, 6.07) is 0. The molecule has 0 aliphatic rings. The lowest BCUT2D eigenvalue weighted by Crippen LogP contribution is -2.26. The summed E-state index contributed by atoms with van der Waals surface area (Å²) < 4.78 is 15.8. The lowest BCUT2D eigenvalue weighted by molar-refractivity contribution is -0.155. The van der Waals surface area contributed by atoms with Crippen LogP contribution in [0.5, 0.6) is 0 Å². The van der Waals surface area contributed by atoms with E-state index in [4.69, 9.17) is 14.2 Å². The summed E-state index contributed by atoms with van der Waals surface area (Å²) in [5, 5.41) is 0. The third kappa shape index (κ3) is 25.4. The number of hydrogen-bond donors (Lipinski definition) is 0. The van der Waals surface area contributed by atoms with Gasteiger partial charge >= 0.3 is 17.9 Å². The van der Waals surface area contributed by atoms with Crippen molar-refractivity contribution < 1.29 is 28.6 Å². The molecular weight excluding hydrogens is 504 g/mol. The second kappa shape index (κ2) is 27.6. The van der Waals surface area contributed by atoms with Crippen LogP contribution >= 0.6 is 0 Å². The Kier molecular flexibility index (Phi) is 26.5. The van der Waals surface area contributed by atoms with Crippen LogP contribution in [0.15, 0.2) is 0 Å². The summed E-state index contributed by atoms with van der Waals surface area (Å²) >= 11 is 0. The standard InChI is InChI=1S/C34H64O6/c1-5-7-8-9-10-11-12-13-14-15-16-17-18-19-20-23-28-38-31(35)26-22-21-24-29-39-32(36)27-25-30-40-33(37)34(3,4)6-2/h5-30H2,1-4H3. The average Bonchev–Trinajstić information content (AvgIpc) is 2.94. The van der Waals surface area contributed by atoms with Gasteiger partial charge < -0.3 is 14.2 Å². The summed E-state index contributed by atoms with van der Waals surface area (Å²) in [6.45, 7) is 9.05. The molecule has 0 aliphatic heterocycles. The van der Waals surface area contributed by atoms with Crippen LogP contribution in [0.25, 0.3) is 0 Å². The van der Waals surface area contributed by atoms with Crippen LogP contribution in [0.2, 0.25) is 0 Å². The first-order valence-electron chi connectivity index (χ1n) is 16.8. The van der Waals surface area contributed by atoms with E-state index in [-0.39, 0.29) is 30.9 Å². The van der Waals surface area contributed by atoms with E-state index in [2.05, 4.69) is 6.92 Å². The highest BCUT2D eigenvalue weighted by Crippen LogP contribution is 2.21. The van der Waals surface area contributed by atoms with Crippen molar-refractivity contribution in [2.75, 3.05) is 19.8 Å².